The molecule has 3 aliphatic rings. The molecule has 0 N–H and O–H groups in total. The fourth-order valence-corrected chi connectivity index (χ4v) is 5.77. The van der Waals surface area contributed by atoms with E-state index in [1.165, 1.54) is 22.3 Å². The van der Waals surface area contributed by atoms with Gasteiger partial charge in [-0.1, -0.05) is 102 Å². The van der Waals surface area contributed by atoms with Gasteiger partial charge in [0.1, 0.15) is 11.5 Å². The number of rotatable bonds is 3. The molecule has 3 aromatic rings. The van der Waals surface area contributed by atoms with E-state index < -0.39 is 0 Å². The molecule has 3 atom stereocenters. The highest BCUT2D eigenvalue weighted by Crippen LogP contribution is 2.38. The third kappa shape index (κ3) is 6.80. The van der Waals surface area contributed by atoms with Crippen molar-refractivity contribution >= 4 is 0 Å². The molecule has 0 aliphatic carbocycles. The average Bonchev–Trinajstić information content (AvgIpc) is 3.38. The van der Waals surface area contributed by atoms with Crippen molar-refractivity contribution in [3.8, 4) is 11.5 Å². The fraction of sp³-hybridized carbons (Fsp3) is 0.486. The topological polar surface area (TPSA) is 27.7 Å². The van der Waals surface area contributed by atoms with Gasteiger partial charge < -0.3 is 14.2 Å². The molecule has 0 spiro atoms. The summed E-state index contributed by atoms with van der Waals surface area (Å²) in [7, 11) is 0. The maximum atomic E-state index is 5.60. The summed E-state index contributed by atoms with van der Waals surface area (Å²) in [6.45, 7) is 17.0. The monoisotopic (exact) mass is 514 g/mol. The van der Waals surface area contributed by atoms with E-state index in [9.17, 15) is 0 Å². The van der Waals surface area contributed by atoms with Crippen LogP contribution in [0.2, 0.25) is 0 Å². The Hall–Kier alpha value is -2.78. The van der Waals surface area contributed by atoms with Crippen molar-refractivity contribution in [1.29, 1.82) is 0 Å². The van der Waals surface area contributed by atoms with E-state index in [-0.39, 0.29) is 0 Å². The summed E-state index contributed by atoms with van der Waals surface area (Å²) in [4.78, 5) is 0. The molecule has 0 aromatic heterocycles. The van der Waals surface area contributed by atoms with E-state index in [2.05, 4.69) is 102 Å². The van der Waals surface area contributed by atoms with Gasteiger partial charge in [-0.25, -0.2) is 0 Å². The van der Waals surface area contributed by atoms with Crippen LogP contribution in [0.4, 0.5) is 0 Å². The Morgan fingerprint density at radius 2 is 1.05 bits per heavy atom. The standard InChI is InChI=1S/2C12H16O.C11H14O/c1-9(2)12-8-13-7-10-5-3-4-6-11(10)12;1-9(2)10-7-8-13-12-6-4-3-5-11(10)12;1-8(2)10-7-12-11-6-4-3-5-9(10)11/h3-6,9,12H,7-8H2,1-2H3;3-6,9-10H,7-8H2,1-2H3;3-6,8,10H,7H2,1-2H3. The molecule has 3 heterocycles. The Morgan fingerprint density at radius 1 is 0.553 bits per heavy atom. The van der Waals surface area contributed by atoms with E-state index in [1.807, 2.05) is 12.1 Å². The maximum absolute atomic E-state index is 5.60. The first-order valence-electron chi connectivity index (χ1n) is 14.5. The molecule has 3 aromatic carbocycles. The molecular weight excluding hydrogens is 468 g/mol. The minimum absolute atomic E-state index is 0.588. The molecule has 0 saturated heterocycles. The largest absolute Gasteiger partial charge is 0.493 e. The first-order chi connectivity index (χ1) is 18.4. The second kappa shape index (κ2) is 13.3. The second-order valence-corrected chi connectivity index (χ2v) is 11.8. The molecular formula is C35H46O3. The van der Waals surface area contributed by atoms with Gasteiger partial charge in [-0.2, -0.15) is 0 Å². The lowest BCUT2D eigenvalue weighted by Gasteiger charge is -2.28. The van der Waals surface area contributed by atoms with Crippen molar-refractivity contribution in [1.82, 2.24) is 0 Å². The van der Waals surface area contributed by atoms with Crippen molar-refractivity contribution in [3.05, 3.63) is 95.1 Å². The third-order valence-electron chi connectivity index (χ3n) is 8.17. The molecule has 3 heteroatoms. The van der Waals surface area contributed by atoms with Gasteiger partial charge in [0.2, 0.25) is 0 Å². The molecule has 0 fully saturated rings. The number of benzene rings is 3. The Bertz CT molecular complexity index is 1090. The van der Waals surface area contributed by atoms with Crippen LogP contribution in [0.15, 0.2) is 72.8 Å². The molecule has 204 valence electrons. The minimum atomic E-state index is 0.588. The zero-order valence-corrected chi connectivity index (χ0v) is 24.2. The Balaban J connectivity index is 0.000000133. The Morgan fingerprint density at radius 3 is 1.68 bits per heavy atom. The molecule has 0 amide bonds. The van der Waals surface area contributed by atoms with Crippen LogP contribution in [0.25, 0.3) is 0 Å². The van der Waals surface area contributed by atoms with Crippen molar-refractivity contribution in [3.63, 3.8) is 0 Å². The number of fused-ring (bicyclic) bond motifs is 3. The minimum Gasteiger partial charge on any atom is -0.493 e. The van der Waals surface area contributed by atoms with Crippen LogP contribution in [0.5, 0.6) is 11.5 Å². The summed E-state index contributed by atoms with van der Waals surface area (Å²) in [6.07, 6.45) is 1.16. The maximum Gasteiger partial charge on any atom is 0.122 e. The summed E-state index contributed by atoms with van der Waals surface area (Å²) in [5.74, 6) is 6.10. The average molecular weight is 515 g/mol. The first kappa shape index (κ1) is 28.2. The van der Waals surface area contributed by atoms with Crippen molar-refractivity contribution < 1.29 is 14.2 Å². The van der Waals surface area contributed by atoms with Crippen LogP contribution in [-0.4, -0.2) is 19.8 Å². The highest BCUT2D eigenvalue weighted by Gasteiger charge is 2.26. The zero-order valence-electron chi connectivity index (χ0n) is 24.2. The van der Waals surface area contributed by atoms with Crippen LogP contribution < -0.4 is 9.47 Å². The van der Waals surface area contributed by atoms with Crippen molar-refractivity contribution in [2.24, 2.45) is 17.8 Å². The second-order valence-electron chi connectivity index (χ2n) is 11.8. The molecule has 6 rings (SSSR count). The SMILES string of the molecule is CC(C)C1CCOc2ccccc21.CC(C)C1COCc2ccccc21.CC(C)C1COc2ccccc21. The van der Waals surface area contributed by atoms with Gasteiger partial charge in [-0.15, -0.1) is 0 Å². The fourth-order valence-electron chi connectivity index (χ4n) is 5.77. The summed E-state index contributed by atoms with van der Waals surface area (Å²) >= 11 is 0. The van der Waals surface area contributed by atoms with Gasteiger partial charge in [0, 0.05) is 17.4 Å². The molecule has 0 bridgehead atoms. The van der Waals surface area contributed by atoms with E-state index in [4.69, 9.17) is 14.2 Å². The summed E-state index contributed by atoms with van der Waals surface area (Å²) in [5.41, 5.74) is 5.63. The number of para-hydroxylation sites is 2. The molecule has 38 heavy (non-hydrogen) atoms. The Kier molecular flexibility index (Phi) is 9.91. The quantitative estimate of drug-likeness (QED) is 0.349. The molecule has 3 aliphatic heterocycles. The number of hydrogen-bond acceptors (Lipinski definition) is 3. The molecule has 3 nitrogen and oxygen atoms in total. The Labute approximate surface area is 230 Å². The first-order valence-corrected chi connectivity index (χ1v) is 14.5. The molecule has 3 unspecified atom stereocenters. The number of hydrogen-bond donors (Lipinski definition) is 0. The van der Waals surface area contributed by atoms with Gasteiger partial charge in [-0.05, 0) is 58.9 Å². The highest BCUT2D eigenvalue weighted by molar-refractivity contribution is 5.40. The third-order valence-corrected chi connectivity index (χ3v) is 8.17. The van der Waals surface area contributed by atoms with Crippen LogP contribution in [0, 0.1) is 17.8 Å². The molecule has 0 saturated carbocycles. The zero-order chi connectivity index (χ0) is 27.1. The lowest BCUT2D eigenvalue weighted by atomic mass is 9.84. The summed E-state index contributed by atoms with van der Waals surface area (Å²) in [6, 6.07) is 25.4. The van der Waals surface area contributed by atoms with Crippen LogP contribution in [-0.2, 0) is 11.3 Å². The van der Waals surface area contributed by atoms with Crippen molar-refractivity contribution in [2.75, 3.05) is 19.8 Å². The van der Waals surface area contributed by atoms with Crippen LogP contribution in [0.3, 0.4) is 0 Å². The summed E-state index contributed by atoms with van der Waals surface area (Å²) in [5, 5.41) is 0. The smallest absolute Gasteiger partial charge is 0.122 e. The van der Waals surface area contributed by atoms with Gasteiger partial charge in [0.15, 0.2) is 0 Å². The lowest BCUT2D eigenvalue weighted by molar-refractivity contribution is 0.0792. The van der Waals surface area contributed by atoms with Crippen LogP contribution in [0.1, 0.15) is 88.0 Å². The molecule has 0 radical (unpaired) electrons. The van der Waals surface area contributed by atoms with Crippen LogP contribution >= 0.6 is 0 Å². The van der Waals surface area contributed by atoms with Crippen molar-refractivity contribution in [2.45, 2.75) is 72.3 Å². The summed E-state index contributed by atoms with van der Waals surface area (Å²) < 4.78 is 16.7. The number of ether oxygens (including phenoxy) is 3. The van der Waals surface area contributed by atoms with E-state index >= 15 is 0 Å². The lowest BCUT2D eigenvalue weighted by Crippen LogP contribution is -2.20. The van der Waals surface area contributed by atoms with Gasteiger partial charge in [0.25, 0.3) is 0 Å². The van der Waals surface area contributed by atoms with Gasteiger partial charge in [0.05, 0.1) is 26.4 Å². The van der Waals surface area contributed by atoms with Gasteiger partial charge >= 0.3 is 0 Å². The van der Waals surface area contributed by atoms with E-state index in [0.717, 1.165) is 44.3 Å². The predicted molar refractivity (Wildman–Crippen MR) is 157 cm³/mol. The predicted octanol–water partition coefficient (Wildman–Crippen LogP) is 8.98. The highest BCUT2D eigenvalue weighted by atomic mass is 16.5. The van der Waals surface area contributed by atoms with E-state index in [1.54, 1.807) is 0 Å². The van der Waals surface area contributed by atoms with E-state index in [0.29, 0.717) is 35.5 Å². The normalized spacial score (nSPS) is 21.1. The van der Waals surface area contributed by atoms with Gasteiger partial charge in [-0.3, -0.25) is 0 Å².